The van der Waals surface area contributed by atoms with Gasteiger partial charge in [0.15, 0.2) is 5.69 Å². The SMILES string of the molecule is CC(C)(C)c1ccc(CNC(=O)c2cc(C(F)(F)F)nn2-c2ccccc2Cl)cc1. The van der Waals surface area contributed by atoms with Crippen LogP contribution in [0.3, 0.4) is 0 Å². The largest absolute Gasteiger partial charge is 0.435 e. The van der Waals surface area contributed by atoms with Crippen LogP contribution in [0, 0.1) is 0 Å². The summed E-state index contributed by atoms with van der Waals surface area (Å²) in [7, 11) is 0. The molecule has 3 rings (SSSR count). The molecule has 0 bridgehead atoms. The minimum Gasteiger partial charge on any atom is -0.347 e. The Morgan fingerprint density at radius 1 is 1.07 bits per heavy atom. The number of halogens is 4. The fraction of sp³-hybridized carbons (Fsp3) is 0.273. The van der Waals surface area contributed by atoms with Crippen molar-refractivity contribution in [1.29, 1.82) is 0 Å². The van der Waals surface area contributed by atoms with E-state index >= 15 is 0 Å². The number of para-hydroxylation sites is 1. The Morgan fingerprint density at radius 2 is 1.70 bits per heavy atom. The fourth-order valence-corrected chi connectivity index (χ4v) is 3.10. The lowest BCUT2D eigenvalue weighted by Gasteiger charge is -2.19. The fourth-order valence-electron chi connectivity index (χ4n) is 2.88. The summed E-state index contributed by atoms with van der Waals surface area (Å²) < 4.78 is 40.5. The van der Waals surface area contributed by atoms with E-state index in [1.54, 1.807) is 12.1 Å². The van der Waals surface area contributed by atoms with Gasteiger partial charge in [-0.15, -0.1) is 0 Å². The van der Waals surface area contributed by atoms with E-state index in [0.717, 1.165) is 21.9 Å². The van der Waals surface area contributed by atoms with Gasteiger partial charge in [-0.3, -0.25) is 4.79 Å². The molecule has 1 aromatic heterocycles. The van der Waals surface area contributed by atoms with Gasteiger partial charge in [-0.25, -0.2) is 4.68 Å². The third-order valence-electron chi connectivity index (χ3n) is 4.59. The molecule has 0 saturated carbocycles. The number of benzene rings is 2. The molecule has 8 heteroatoms. The number of alkyl halides is 3. The molecule has 3 aromatic rings. The van der Waals surface area contributed by atoms with Crippen molar-refractivity contribution in [3.63, 3.8) is 0 Å². The Hall–Kier alpha value is -2.80. The minimum absolute atomic E-state index is 0.00275. The van der Waals surface area contributed by atoms with Gasteiger partial charge in [0.2, 0.25) is 0 Å². The van der Waals surface area contributed by atoms with Crippen molar-refractivity contribution in [2.75, 3.05) is 0 Å². The number of aromatic nitrogens is 2. The van der Waals surface area contributed by atoms with Crippen molar-refractivity contribution < 1.29 is 18.0 Å². The van der Waals surface area contributed by atoms with E-state index in [-0.39, 0.29) is 28.4 Å². The summed E-state index contributed by atoms with van der Waals surface area (Å²) in [4.78, 5) is 12.7. The first kappa shape index (κ1) is 21.9. The summed E-state index contributed by atoms with van der Waals surface area (Å²) >= 11 is 6.11. The average molecular weight is 436 g/mol. The smallest absolute Gasteiger partial charge is 0.347 e. The first-order valence-corrected chi connectivity index (χ1v) is 9.64. The second kappa shape index (κ2) is 8.14. The molecule has 2 aromatic carbocycles. The summed E-state index contributed by atoms with van der Waals surface area (Å²) in [5, 5.41) is 6.41. The molecule has 4 nitrogen and oxygen atoms in total. The topological polar surface area (TPSA) is 46.9 Å². The van der Waals surface area contributed by atoms with Crippen LogP contribution in [0.15, 0.2) is 54.6 Å². The number of nitrogens with zero attached hydrogens (tertiary/aromatic N) is 2. The van der Waals surface area contributed by atoms with E-state index in [1.807, 2.05) is 24.3 Å². The molecule has 0 unspecified atom stereocenters. The highest BCUT2D eigenvalue weighted by Crippen LogP contribution is 2.31. The Bertz CT molecular complexity index is 1050. The quantitative estimate of drug-likeness (QED) is 0.565. The predicted molar refractivity (Wildman–Crippen MR) is 110 cm³/mol. The maximum atomic E-state index is 13.2. The van der Waals surface area contributed by atoms with E-state index in [2.05, 4.69) is 31.2 Å². The molecule has 30 heavy (non-hydrogen) atoms. The third-order valence-corrected chi connectivity index (χ3v) is 4.91. The van der Waals surface area contributed by atoms with E-state index < -0.39 is 17.8 Å². The van der Waals surface area contributed by atoms with E-state index in [0.29, 0.717) is 0 Å². The molecule has 0 spiro atoms. The van der Waals surface area contributed by atoms with Crippen LogP contribution in [0.4, 0.5) is 13.2 Å². The molecule has 0 aliphatic carbocycles. The molecule has 0 fully saturated rings. The Labute approximate surface area is 177 Å². The number of carbonyl (C=O) groups excluding carboxylic acids is 1. The van der Waals surface area contributed by atoms with Crippen molar-refractivity contribution in [3.8, 4) is 5.69 Å². The van der Waals surface area contributed by atoms with Gasteiger partial charge in [0.05, 0.1) is 10.7 Å². The summed E-state index contributed by atoms with van der Waals surface area (Å²) in [5.41, 5.74) is 0.746. The van der Waals surface area contributed by atoms with Gasteiger partial charge in [-0.2, -0.15) is 18.3 Å². The maximum Gasteiger partial charge on any atom is 0.435 e. The van der Waals surface area contributed by atoms with Gasteiger partial charge in [0, 0.05) is 12.6 Å². The minimum atomic E-state index is -4.69. The third kappa shape index (κ3) is 4.84. The summed E-state index contributed by atoms with van der Waals surface area (Å²) in [5.74, 6) is -0.683. The van der Waals surface area contributed by atoms with Crippen molar-refractivity contribution in [2.45, 2.75) is 38.9 Å². The molecule has 0 atom stereocenters. The molecule has 0 saturated heterocycles. The highest BCUT2D eigenvalue weighted by atomic mass is 35.5. The highest BCUT2D eigenvalue weighted by molar-refractivity contribution is 6.32. The van der Waals surface area contributed by atoms with Crippen molar-refractivity contribution in [2.24, 2.45) is 0 Å². The molecular weight excluding hydrogens is 415 g/mol. The molecule has 0 radical (unpaired) electrons. The summed E-state index contributed by atoms with van der Waals surface area (Å²) in [6, 6.07) is 14.7. The zero-order valence-electron chi connectivity index (χ0n) is 16.7. The van der Waals surface area contributed by atoms with Crippen LogP contribution in [0.1, 0.15) is 48.1 Å². The zero-order chi connectivity index (χ0) is 22.1. The van der Waals surface area contributed by atoms with Crippen molar-refractivity contribution >= 4 is 17.5 Å². The Morgan fingerprint density at radius 3 is 2.27 bits per heavy atom. The van der Waals surface area contributed by atoms with Crippen LogP contribution in [-0.4, -0.2) is 15.7 Å². The van der Waals surface area contributed by atoms with Crippen LogP contribution in [-0.2, 0) is 18.1 Å². The normalized spacial score (nSPS) is 12.1. The van der Waals surface area contributed by atoms with Gasteiger partial charge < -0.3 is 5.32 Å². The molecular formula is C22H21ClF3N3O. The van der Waals surface area contributed by atoms with E-state index in [4.69, 9.17) is 11.6 Å². The number of rotatable bonds is 4. The lowest BCUT2D eigenvalue weighted by molar-refractivity contribution is -0.141. The lowest BCUT2D eigenvalue weighted by Crippen LogP contribution is -2.25. The predicted octanol–water partition coefficient (Wildman–Crippen LogP) is 5.77. The lowest BCUT2D eigenvalue weighted by atomic mass is 9.87. The number of amides is 1. The van der Waals surface area contributed by atoms with Crippen LogP contribution in [0.2, 0.25) is 5.02 Å². The summed E-state index contributed by atoms with van der Waals surface area (Å²) in [6.07, 6.45) is -4.69. The first-order valence-electron chi connectivity index (χ1n) is 9.26. The van der Waals surface area contributed by atoms with Gasteiger partial charge >= 0.3 is 6.18 Å². The zero-order valence-corrected chi connectivity index (χ0v) is 17.5. The van der Waals surface area contributed by atoms with E-state index in [1.165, 1.54) is 12.1 Å². The second-order valence-corrected chi connectivity index (χ2v) is 8.31. The Kier molecular flexibility index (Phi) is 5.94. The molecule has 0 aliphatic heterocycles. The maximum absolute atomic E-state index is 13.2. The molecule has 0 aliphatic rings. The summed E-state index contributed by atoms with van der Waals surface area (Å²) in [6.45, 7) is 6.45. The van der Waals surface area contributed by atoms with E-state index in [9.17, 15) is 18.0 Å². The number of hydrogen-bond acceptors (Lipinski definition) is 2. The average Bonchev–Trinajstić information content (AvgIpc) is 3.12. The molecule has 1 amide bonds. The Balaban J connectivity index is 1.86. The van der Waals surface area contributed by atoms with Gasteiger partial charge in [0.25, 0.3) is 5.91 Å². The molecule has 1 heterocycles. The van der Waals surface area contributed by atoms with Crippen LogP contribution >= 0.6 is 11.6 Å². The number of hydrogen-bond donors (Lipinski definition) is 1. The van der Waals surface area contributed by atoms with Crippen LogP contribution in [0.5, 0.6) is 0 Å². The van der Waals surface area contributed by atoms with Gasteiger partial charge in [-0.1, -0.05) is 68.8 Å². The second-order valence-electron chi connectivity index (χ2n) is 7.91. The van der Waals surface area contributed by atoms with Crippen LogP contribution in [0.25, 0.3) is 5.69 Å². The van der Waals surface area contributed by atoms with Crippen molar-refractivity contribution in [1.82, 2.24) is 15.1 Å². The highest BCUT2D eigenvalue weighted by Gasteiger charge is 2.36. The van der Waals surface area contributed by atoms with Gasteiger partial charge in [-0.05, 0) is 28.7 Å². The number of carbonyl (C=O) groups is 1. The standard InChI is InChI=1S/C22H21ClF3N3O/c1-21(2,3)15-10-8-14(9-11-15)13-27-20(30)18-12-19(22(24,25)26)28-29(18)17-7-5-4-6-16(17)23/h4-12H,13H2,1-3H3,(H,27,30). The first-order chi connectivity index (χ1) is 14.0. The molecule has 1 N–H and O–H groups in total. The van der Waals surface area contributed by atoms with Crippen molar-refractivity contribution in [3.05, 3.63) is 82.1 Å². The molecule has 158 valence electrons. The van der Waals surface area contributed by atoms with Crippen LogP contribution < -0.4 is 5.32 Å². The number of nitrogens with one attached hydrogen (secondary N) is 1. The van der Waals surface area contributed by atoms with Gasteiger partial charge in [0.1, 0.15) is 5.69 Å². The monoisotopic (exact) mass is 435 g/mol.